The Kier molecular flexibility index (Phi) is 3.62. The topological polar surface area (TPSA) is 63.6 Å². The molecular formula is C11H10O4. The largest absolute Gasteiger partial charge is 0.497 e. The predicted molar refractivity (Wildman–Crippen MR) is 54.7 cm³/mol. The molecule has 0 radical (unpaired) electrons. The summed E-state index contributed by atoms with van der Waals surface area (Å²) in [7, 11) is 1.53. The van der Waals surface area contributed by atoms with Crippen molar-refractivity contribution in [3.05, 3.63) is 35.9 Å². The monoisotopic (exact) mass is 206 g/mol. The molecule has 78 valence electrons. The molecule has 0 aliphatic heterocycles. The van der Waals surface area contributed by atoms with Crippen LogP contribution in [0.2, 0.25) is 0 Å². The van der Waals surface area contributed by atoms with Crippen LogP contribution in [0.4, 0.5) is 0 Å². The second-order valence-electron chi connectivity index (χ2n) is 2.78. The Hall–Kier alpha value is -2.10. The number of methoxy groups -OCH3 is 1. The first-order chi connectivity index (χ1) is 7.13. The molecule has 0 saturated heterocycles. The number of ketones is 1. The van der Waals surface area contributed by atoms with Gasteiger partial charge >= 0.3 is 5.97 Å². The molecule has 0 amide bonds. The average molecular weight is 206 g/mol. The second-order valence-corrected chi connectivity index (χ2v) is 2.78. The summed E-state index contributed by atoms with van der Waals surface area (Å²) >= 11 is 0. The molecule has 0 bridgehead atoms. The van der Waals surface area contributed by atoms with Gasteiger partial charge in [0.15, 0.2) is 0 Å². The quantitative estimate of drug-likeness (QED) is 0.596. The van der Waals surface area contributed by atoms with E-state index in [0.29, 0.717) is 11.3 Å². The third-order valence-electron chi connectivity index (χ3n) is 1.73. The van der Waals surface area contributed by atoms with Crippen molar-refractivity contribution in [2.24, 2.45) is 0 Å². The van der Waals surface area contributed by atoms with Crippen LogP contribution in [0, 0.1) is 0 Å². The number of carboxylic acids is 1. The molecule has 0 spiro atoms. The molecule has 1 N–H and O–H groups in total. The fourth-order valence-electron chi connectivity index (χ4n) is 0.988. The average Bonchev–Trinajstić information content (AvgIpc) is 2.26. The number of aliphatic carboxylic acids is 1. The van der Waals surface area contributed by atoms with Gasteiger partial charge in [-0.15, -0.1) is 0 Å². The van der Waals surface area contributed by atoms with Crippen molar-refractivity contribution in [3.8, 4) is 5.75 Å². The predicted octanol–water partition coefficient (Wildman–Crippen LogP) is 1.36. The van der Waals surface area contributed by atoms with E-state index in [4.69, 9.17) is 9.84 Å². The molecule has 4 heteroatoms. The van der Waals surface area contributed by atoms with Crippen molar-refractivity contribution in [3.63, 3.8) is 0 Å². The van der Waals surface area contributed by atoms with Crippen LogP contribution in [0.5, 0.6) is 5.75 Å². The lowest BCUT2D eigenvalue weighted by Gasteiger charge is -1.99. The first-order valence-corrected chi connectivity index (χ1v) is 4.23. The van der Waals surface area contributed by atoms with E-state index in [1.807, 2.05) is 0 Å². The molecule has 1 aromatic rings. The standard InChI is InChI=1S/C11H10O4/c1-15-9-4-2-3-8(7-9)5-6-10(12)11(13)14/h2-7H,1H3,(H,13,14). The summed E-state index contributed by atoms with van der Waals surface area (Å²) in [5.41, 5.74) is 0.712. The van der Waals surface area contributed by atoms with Gasteiger partial charge in [-0.1, -0.05) is 18.2 Å². The highest BCUT2D eigenvalue weighted by molar-refractivity contribution is 6.38. The van der Waals surface area contributed by atoms with Crippen LogP contribution in [-0.4, -0.2) is 24.0 Å². The number of carbonyl (C=O) groups excluding carboxylic acids is 1. The van der Waals surface area contributed by atoms with Crippen molar-refractivity contribution in [1.29, 1.82) is 0 Å². The highest BCUT2D eigenvalue weighted by atomic mass is 16.5. The number of rotatable bonds is 4. The van der Waals surface area contributed by atoms with Crippen LogP contribution in [0.15, 0.2) is 30.3 Å². The molecule has 0 aliphatic rings. The Morgan fingerprint density at radius 2 is 2.13 bits per heavy atom. The molecule has 15 heavy (non-hydrogen) atoms. The smallest absolute Gasteiger partial charge is 0.376 e. The minimum atomic E-state index is -1.46. The summed E-state index contributed by atoms with van der Waals surface area (Å²) < 4.78 is 4.97. The zero-order valence-corrected chi connectivity index (χ0v) is 8.14. The van der Waals surface area contributed by atoms with E-state index in [2.05, 4.69) is 0 Å². The van der Waals surface area contributed by atoms with Gasteiger partial charge in [-0.3, -0.25) is 4.79 Å². The maximum absolute atomic E-state index is 10.8. The van der Waals surface area contributed by atoms with Crippen molar-refractivity contribution in [2.75, 3.05) is 7.11 Å². The summed E-state index contributed by atoms with van der Waals surface area (Å²) in [6, 6.07) is 6.96. The Morgan fingerprint density at radius 3 is 2.73 bits per heavy atom. The zero-order valence-electron chi connectivity index (χ0n) is 8.14. The lowest BCUT2D eigenvalue weighted by molar-refractivity contribution is -0.146. The SMILES string of the molecule is COc1cccc(C=CC(=O)C(=O)O)c1. The Balaban J connectivity index is 2.80. The number of hydrogen-bond acceptors (Lipinski definition) is 3. The molecule has 0 fully saturated rings. The third kappa shape index (κ3) is 3.27. The Bertz CT molecular complexity index is 407. The van der Waals surface area contributed by atoms with Crippen LogP contribution in [0.3, 0.4) is 0 Å². The summed E-state index contributed by atoms with van der Waals surface area (Å²) in [5, 5.41) is 8.34. The molecule has 0 saturated carbocycles. The van der Waals surface area contributed by atoms with Crippen molar-refractivity contribution in [1.82, 2.24) is 0 Å². The molecule has 0 heterocycles. The minimum Gasteiger partial charge on any atom is -0.497 e. The Labute approximate surface area is 86.8 Å². The van der Waals surface area contributed by atoms with Gasteiger partial charge < -0.3 is 9.84 Å². The van der Waals surface area contributed by atoms with E-state index in [-0.39, 0.29) is 0 Å². The van der Waals surface area contributed by atoms with Gasteiger partial charge in [-0.25, -0.2) is 4.79 Å². The number of ether oxygens (including phenoxy) is 1. The first-order valence-electron chi connectivity index (χ1n) is 4.23. The summed E-state index contributed by atoms with van der Waals surface area (Å²) in [6.45, 7) is 0. The lowest BCUT2D eigenvalue weighted by atomic mass is 10.2. The van der Waals surface area contributed by atoms with Gasteiger partial charge in [0.05, 0.1) is 7.11 Å². The number of carbonyl (C=O) groups is 2. The van der Waals surface area contributed by atoms with E-state index in [1.165, 1.54) is 13.2 Å². The molecule has 1 aromatic carbocycles. The van der Waals surface area contributed by atoms with E-state index in [9.17, 15) is 9.59 Å². The van der Waals surface area contributed by atoms with Gasteiger partial charge in [0, 0.05) is 0 Å². The minimum absolute atomic E-state index is 0.653. The van der Waals surface area contributed by atoms with E-state index >= 15 is 0 Å². The summed E-state index contributed by atoms with van der Waals surface area (Å²) in [5.74, 6) is -1.76. The molecular weight excluding hydrogens is 196 g/mol. The van der Waals surface area contributed by atoms with E-state index < -0.39 is 11.8 Å². The van der Waals surface area contributed by atoms with Gasteiger partial charge in [-0.2, -0.15) is 0 Å². The van der Waals surface area contributed by atoms with Crippen LogP contribution < -0.4 is 4.74 Å². The van der Waals surface area contributed by atoms with Gasteiger partial charge in [0.25, 0.3) is 5.78 Å². The molecule has 0 unspecified atom stereocenters. The normalized spacial score (nSPS) is 10.2. The van der Waals surface area contributed by atoms with Crippen LogP contribution in [-0.2, 0) is 9.59 Å². The molecule has 0 aliphatic carbocycles. The Morgan fingerprint density at radius 1 is 1.40 bits per heavy atom. The summed E-state index contributed by atoms with van der Waals surface area (Å²) in [6.07, 6.45) is 2.44. The van der Waals surface area contributed by atoms with Crippen LogP contribution in [0.25, 0.3) is 6.08 Å². The molecule has 0 aromatic heterocycles. The highest BCUT2D eigenvalue weighted by Gasteiger charge is 2.05. The second kappa shape index (κ2) is 4.95. The number of carboxylic acid groups (broad SMARTS) is 1. The first kappa shape index (κ1) is 11.0. The molecule has 4 nitrogen and oxygen atoms in total. The van der Waals surface area contributed by atoms with Crippen LogP contribution in [0.1, 0.15) is 5.56 Å². The maximum Gasteiger partial charge on any atom is 0.376 e. The third-order valence-corrected chi connectivity index (χ3v) is 1.73. The van der Waals surface area contributed by atoms with Gasteiger partial charge in [-0.05, 0) is 23.8 Å². The zero-order chi connectivity index (χ0) is 11.3. The number of hydrogen-bond donors (Lipinski definition) is 1. The van der Waals surface area contributed by atoms with E-state index in [0.717, 1.165) is 6.08 Å². The maximum atomic E-state index is 10.8. The van der Waals surface area contributed by atoms with Crippen molar-refractivity contribution in [2.45, 2.75) is 0 Å². The van der Waals surface area contributed by atoms with E-state index in [1.54, 1.807) is 24.3 Å². The van der Waals surface area contributed by atoms with Crippen LogP contribution >= 0.6 is 0 Å². The summed E-state index contributed by atoms with van der Waals surface area (Å²) in [4.78, 5) is 21.0. The van der Waals surface area contributed by atoms with Crippen molar-refractivity contribution >= 4 is 17.8 Å². The lowest BCUT2D eigenvalue weighted by Crippen LogP contribution is -2.08. The number of benzene rings is 1. The fraction of sp³-hybridized carbons (Fsp3) is 0.0909. The van der Waals surface area contributed by atoms with Crippen molar-refractivity contribution < 1.29 is 19.4 Å². The van der Waals surface area contributed by atoms with Gasteiger partial charge in [0.1, 0.15) is 5.75 Å². The highest BCUT2D eigenvalue weighted by Crippen LogP contribution is 2.13. The van der Waals surface area contributed by atoms with Gasteiger partial charge in [0.2, 0.25) is 0 Å². The molecule has 1 rings (SSSR count). The molecule has 0 atom stereocenters. The fourth-order valence-corrected chi connectivity index (χ4v) is 0.988.